The molecule has 150 valence electrons. The predicted molar refractivity (Wildman–Crippen MR) is 107 cm³/mol. The molecule has 0 saturated heterocycles. The molecular weight excluding hydrogens is 367 g/mol. The topological polar surface area (TPSA) is 94.8 Å². The first-order valence-corrected chi connectivity index (χ1v) is 10.1. The van der Waals surface area contributed by atoms with E-state index >= 15 is 0 Å². The molecule has 5 nitrogen and oxygen atoms in total. The molecule has 0 bridgehead atoms. The van der Waals surface area contributed by atoms with E-state index in [0.717, 1.165) is 18.4 Å². The number of hydrogen-bond donors (Lipinski definition) is 3. The van der Waals surface area contributed by atoms with Crippen LogP contribution in [0.4, 0.5) is 0 Å². The zero-order valence-corrected chi connectivity index (χ0v) is 16.3. The third-order valence-electron chi connectivity index (χ3n) is 8.57. The van der Waals surface area contributed by atoms with E-state index in [0.29, 0.717) is 12.8 Å². The quantitative estimate of drug-likeness (QED) is 0.607. The van der Waals surface area contributed by atoms with Gasteiger partial charge in [-0.15, -0.1) is 0 Å². The second-order valence-electron chi connectivity index (χ2n) is 9.72. The number of aliphatic hydroxyl groups excluding tert-OH is 2. The predicted octanol–water partition coefficient (Wildman–Crippen LogP) is 1.16. The third-order valence-corrected chi connectivity index (χ3v) is 8.57. The molecule has 6 heteroatoms. The van der Waals surface area contributed by atoms with Crippen LogP contribution in [0.15, 0.2) is 23.8 Å². The van der Waals surface area contributed by atoms with Crippen LogP contribution in [0.2, 0.25) is 0 Å². The molecule has 0 unspecified atom stereocenters. The van der Waals surface area contributed by atoms with Gasteiger partial charge in [0.2, 0.25) is 0 Å². The summed E-state index contributed by atoms with van der Waals surface area (Å²) in [5, 5.41) is 31.9. The molecule has 3 saturated carbocycles. The SMILES string of the molecule is C[C@H]1C[C@@H]2[C@H]([C@@H](O)C[C@@]3(C)[C@H]2CC[C@]3(O)C(=O)CO)[C@@]2(C)C=CC(=O)C=C12.[NaH]. The molecule has 3 N–H and O–H groups in total. The van der Waals surface area contributed by atoms with Crippen LogP contribution in [-0.2, 0) is 9.59 Å². The minimum absolute atomic E-state index is 0. The standard InChI is InChI=1S/C22H30O5.Na.H/c1-12-8-14-15-5-7-22(27,18(26)11-23)21(15,3)10-17(25)19(14)20(2)6-4-13(24)9-16(12)20;;/h4,6,9,12,14-15,17,19,23,25,27H,5,7-8,10-11H2,1-3H3;;/t12-,14-,15-,17-,19+,20-,21-,22-;;/m0../s1. The molecular formula is C22H31NaO5. The van der Waals surface area contributed by atoms with E-state index in [2.05, 4.69) is 13.8 Å². The zero-order chi connectivity index (χ0) is 19.8. The summed E-state index contributed by atoms with van der Waals surface area (Å²) in [4.78, 5) is 24.4. The van der Waals surface area contributed by atoms with E-state index in [1.54, 1.807) is 12.2 Å². The van der Waals surface area contributed by atoms with Crippen LogP contribution in [0.3, 0.4) is 0 Å². The van der Waals surface area contributed by atoms with Crippen LogP contribution < -0.4 is 0 Å². The molecule has 4 aliphatic carbocycles. The molecule has 0 aliphatic heterocycles. The van der Waals surface area contributed by atoms with Gasteiger partial charge in [0.1, 0.15) is 12.2 Å². The molecule has 8 atom stereocenters. The maximum atomic E-state index is 12.4. The molecule has 4 aliphatic rings. The fraction of sp³-hybridized carbons (Fsp3) is 0.727. The first-order chi connectivity index (χ1) is 12.6. The Balaban J connectivity index is 0.00000225. The summed E-state index contributed by atoms with van der Waals surface area (Å²) in [7, 11) is 0. The van der Waals surface area contributed by atoms with Gasteiger partial charge in [0.25, 0.3) is 0 Å². The molecule has 0 aromatic carbocycles. The van der Waals surface area contributed by atoms with E-state index in [4.69, 9.17) is 0 Å². The summed E-state index contributed by atoms with van der Waals surface area (Å²) < 4.78 is 0. The number of aliphatic hydroxyl groups is 3. The number of carbonyl (C=O) groups excluding carboxylic acids is 2. The van der Waals surface area contributed by atoms with E-state index in [1.807, 2.05) is 13.0 Å². The van der Waals surface area contributed by atoms with Crippen LogP contribution >= 0.6 is 0 Å². The van der Waals surface area contributed by atoms with Crippen molar-refractivity contribution in [2.24, 2.45) is 34.5 Å². The molecule has 28 heavy (non-hydrogen) atoms. The summed E-state index contributed by atoms with van der Waals surface area (Å²) in [5.41, 5.74) is -1.59. The molecule has 0 spiro atoms. The normalized spacial score (nSPS) is 49.4. The molecule has 3 fully saturated rings. The minimum atomic E-state index is -1.57. The third kappa shape index (κ3) is 2.74. The van der Waals surface area contributed by atoms with Gasteiger partial charge >= 0.3 is 29.6 Å². The van der Waals surface area contributed by atoms with Gasteiger partial charge in [-0.25, -0.2) is 0 Å². The van der Waals surface area contributed by atoms with Gasteiger partial charge in [-0.2, -0.15) is 0 Å². The van der Waals surface area contributed by atoms with Gasteiger partial charge in [-0.3, -0.25) is 9.59 Å². The van der Waals surface area contributed by atoms with Crippen molar-refractivity contribution < 1.29 is 24.9 Å². The van der Waals surface area contributed by atoms with Gasteiger partial charge < -0.3 is 15.3 Å². The fourth-order valence-corrected chi connectivity index (χ4v) is 7.34. The second-order valence-corrected chi connectivity index (χ2v) is 9.72. The van der Waals surface area contributed by atoms with E-state index in [1.165, 1.54) is 0 Å². The molecule has 0 radical (unpaired) electrons. The Bertz CT molecular complexity index is 760. The van der Waals surface area contributed by atoms with Crippen molar-refractivity contribution in [3.63, 3.8) is 0 Å². The van der Waals surface area contributed by atoms with Crippen LogP contribution in [0.25, 0.3) is 0 Å². The number of carbonyl (C=O) groups is 2. The van der Waals surface area contributed by atoms with E-state index in [9.17, 15) is 24.9 Å². The monoisotopic (exact) mass is 398 g/mol. The van der Waals surface area contributed by atoms with Gasteiger partial charge in [0, 0.05) is 16.7 Å². The molecule has 4 rings (SSSR count). The Morgan fingerprint density at radius 1 is 1.32 bits per heavy atom. The molecule has 0 aromatic heterocycles. The Hall–Kier alpha value is -0.300. The van der Waals surface area contributed by atoms with E-state index < -0.39 is 29.5 Å². The van der Waals surface area contributed by atoms with Crippen molar-refractivity contribution in [3.8, 4) is 0 Å². The number of hydrogen-bond acceptors (Lipinski definition) is 5. The number of ketones is 2. The first kappa shape index (κ1) is 22.4. The van der Waals surface area contributed by atoms with Crippen molar-refractivity contribution in [1.82, 2.24) is 0 Å². The summed E-state index contributed by atoms with van der Waals surface area (Å²) in [6, 6.07) is 0. The number of allylic oxidation sites excluding steroid dienone is 4. The summed E-state index contributed by atoms with van der Waals surface area (Å²) in [6.07, 6.45) is 6.87. The van der Waals surface area contributed by atoms with Gasteiger partial charge in [-0.05, 0) is 55.6 Å². The van der Waals surface area contributed by atoms with Gasteiger partial charge in [0.15, 0.2) is 11.6 Å². The first-order valence-electron chi connectivity index (χ1n) is 10.1. The van der Waals surface area contributed by atoms with Gasteiger partial charge in [-0.1, -0.05) is 32.4 Å². The van der Waals surface area contributed by atoms with Crippen LogP contribution in [0, 0.1) is 34.5 Å². The second kappa shape index (κ2) is 7.14. The zero-order valence-electron chi connectivity index (χ0n) is 16.3. The van der Waals surface area contributed by atoms with Crippen molar-refractivity contribution in [3.05, 3.63) is 23.8 Å². The van der Waals surface area contributed by atoms with Crippen molar-refractivity contribution in [2.75, 3.05) is 6.61 Å². The Morgan fingerprint density at radius 3 is 2.64 bits per heavy atom. The Morgan fingerprint density at radius 2 is 2.00 bits per heavy atom. The maximum absolute atomic E-state index is 12.4. The average Bonchev–Trinajstić information content (AvgIpc) is 2.87. The van der Waals surface area contributed by atoms with Crippen molar-refractivity contribution in [1.29, 1.82) is 0 Å². The van der Waals surface area contributed by atoms with Crippen LogP contribution in [-0.4, -0.2) is 74.8 Å². The molecule has 0 heterocycles. The Kier molecular flexibility index (Phi) is 5.71. The van der Waals surface area contributed by atoms with Crippen LogP contribution in [0.1, 0.15) is 46.5 Å². The average molecular weight is 398 g/mol. The summed E-state index contributed by atoms with van der Waals surface area (Å²) in [6.45, 7) is 5.48. The fourth-order valence-electron chi connectivity index (χ4n) is 7.34. The number of Topliss-reactive ketones (excluding diaryl/α,β-unsaturated/α-hetero) is 1. The van der Waals surface area contributed by atoms with Crippen molar-refractivity contribution >= 4 is 41.1 Å². The molecule has 0 aromatic rings. The molecule has 0 amide bonds. The summed E-state index contributed by atoms with van der Waals surface area (Å²) >= 11 is 0. The van der Waals surface area contributed by atoms with Crippen molar-refractivity contribution in [2.45, 2.75) is 58.2 Å². The van der Waals surface area contributed by atoms with Gasteiger partial charge in [0.05, 0.1) is 6.10 Å². The number of fused-ring (bicyclic) bond motifs is 5. The summed E-state index contributed by atoms with van der Waals surface area (Å²) in [5.74, 6) is -0.0768. The number of rotatable bonds is 2. The Labute approximate surface area is 188 Å². The van der Waals surface area contributed by atoms with E-state index in [-0.39, 0.29) is 64.4 Å². The van der Waals surface area contributed by atoms with Crippen LogP contribution in [0.5, 0.6) is 0 Å².